The van der Waals surface area contributed by atoms with Gasteiger partial charge in [-0.25, -0.2) is 4.39 Å². The van der Waals surface area contributed by atoms with Crippen molar-refractivity contribution in [3.63, 3.8) is 0 Å². The highest BCUT2D eigenvalue weighted by Crippen LogP contribution is 2.20. The number of nitrogens with zero attached hydrogens (tertiary/aromatic N) is 1. The van der Waals surface area contributed by atoms with Crippen molar-refractivity contribution in [3.8, 4) is 17.2 Å². The van der Waals surface area contributed by atoms with E-state index in [1.165, 1.54) is 31.6 Å². The summed E-state index contributed by atoms with van der Waals surface area (Å²) in [6, 6.07) is 5.42. The third-order valence-electron chi connectivity index (χ3n) is 3.89. The zero-order valence-corrected chi connectivity index (χ0v) is 17.5. The van der Waals surface area contributed by atoms with Crippen LogP contribution in [0.2, 0.25) is 5.02 Å². The van der Waals surface area contributed by atoms with Gasteiger partial charge in [-0.3, -0.25) is 14.6 Å². The van der Waals surface area contributed by atoms with E-state index in [2.05, 4.69) is 15.6 Å². The molecule has 0 saturated carbocycles. The molecule has 168 valence electrons. The molecule has 31 heavy (non-hydrogen) atoms. The number of carbonyl (C=O) groups is 2. The van der Waals surface area contributed by atoms with Gasteiger partial charge in [-0.1, -0.05) is 11.6 Å². The number of aromatic nitrogens is 1. The van der Waals surface area contributed by atoms with Gasteiger partial charge in [0.25, 0.3) is 11.8 Å². The first-order chi connectivity index (χ1) is 14.9. The molecule has 1 atom stereocenters. The summed E-state index contributed by atoms with van der Waals surface area (Å²) in [5, 5.41) is 14.9. The molecule has 1 heterocycles. The molecular weight excluding hydrogens is 433 g/mol. The van der Waals surface area contributed by atoms with Crippen LogP contribution >= 0.6 is 11.6 Å². The number of rotatable bonds is 12. The van der Waals surface area contributed by atoms with Gasteiger partial charge < -0.3 is 30.0 Å². The number of pyridine rings is 1. The van der Waals surface area contributed by atoms with Crippen molar-refractivity contribution in [1.82, 2.24) is 15.6 Å². The Labute approximate surface area is 183 Å². The van der Waals surface area contributed by atoms with Crippen LogP contribution in [0.15, 0.2) is 36.7 Å². The fraction of sp³-hybridized carbons (Fsp3) is 0.350. The fourth-order valence-corrected chi connectivity index (χ4v) is 2.39. The zero-order valence-electron chi connectivity index (χ0n) is 16.8. The molecule has 0 aliphatic carbocycles. The van der Waals surface area contributed by atoms with Gasteiger partial charge in [-0.15, -0.1) is 0 Å². The minimum absolute atomic E-state index is 0.0287. The minimum atomic E-state index is -0.874. The Morgan fingerprint density at radius 3 is 2.48 bits per heavy atom. The zero-order chi connectivity index (χ0) is 22.6. The van der Waals surface area contributed by atoms with Gasteiger partial charge >= 0.3 is 0 Å². The maximum Gasteiger partial charge on any atom is 0.258 e. The van der Waals surface area contributed by atoms with Crippen molar-refractivity contribution in [1.29, 1.82) is 0 Å². The van der Waals surface area contributed by atoms with Gasteiger partial charge in [-0.05, 0) is 18.6 Å². The van der Waals surface area contributed by atoms with E-state index in [0.717, 1.165) is 6.07 Å². The lowest BCUT2D eigenvalue weighted by atomic mass is 10.2. The van der Waals surface area contributed by atoms with Crippen molar-refractivity contribution < 1.29 is 33.3 Å². The second-order valence-corrected chi connectivity index (χ2v) is 6.72. The summed E-state index contributed by atoms with van der Waals surface area (Å²) in [6.07, 6.45) is 2.31. The number of nitrogens with one attached hydrogen (secondary N) is 2. The highest BCUT2D eigenvalue weighted by Gasteiger charge is 2.10. The summed E-state index contributed by atoms with van der Waals surface area (Å²) in [5.41, 5.74) is 0. The van der Waals surface area contributed by atoms with E-state index in [0.29, 0.717) is 11.5 Å². The molecule has 11 heteroatoms. The summed E-state index contributed by atoms with van der Waals surface area (Å²) in [5.74, 6) is -0.453. The van der Waals surface area contributed by atoms with Crippen LogP contribution in [0.5, 0.6) is 17.2 Å². The van der Waals surface area contributed by atoms with E-state index in [-0.39, 0.29) is 49.4 Å². The Morgan fingerprint density at radius 1 is 1.10 bits per heavy atom. The number of methoxy groups -OCH3 is 1. The minimum Gasteiger partial charge on any atom is -0.495 e. The van der Waals surface area contributed by atoms with Crippen LogP contribution in [0.3, 0.4) is 0 Å². The molecule has 2 amide bonds. The average Bonchev–Trinajstić information content (AvgIpc) is 2.77. The highest BCUT2D eigenvalue weighted by molar-refractivity contribution is 6.30. The maximum absolute atomic E-state index is 13.3. The number of amides is 2. The highest BCUT2D eigenvalue weighted by atomic mass is 35.5. The summed E-state index contributed by atoms with van der Waals surface area (Å²) < 4.78 is 28.8. The smallest absolute Gasteiger partial charge is 0.258 e. The average molecular weight is 456 g/mol. The third kappa shape index (κ3) is 9.06. The molecule has 9 nitrogen and oxygen atoms in total. The van der Waals surface area contributed by atoms with Gasteiger partial charge in [0.05, 0.1) is 30.6 Å². The molecule has 0 saturated heterocycles. The van der Waals surface area contributed by atoms with E-state index < -0.39 is 17.8 Å². The van der Waals surface area contributed by atoms with E-state index in [4.69, 9.17) is 25.8 Å². The molecule has 0 fully saturated rings. The van der Waals surface area contributed by atoms with Gasteiger partial charge in [0.15, 0.2) is 13.2 Å². The maximum atomic E-state index is 13.3. The second-order valence-electron chi connectivity index (χ2n) is 6.31. The first kappa shape index (κ1) is 24.2. The van der Waals surface area contributed by atoms with Crippen LogP contribution < -0.4 is 24.8 Å². The van der Waals surface area contributed by atoms with Crippen LogP contribution in [-0.2, 0) is 9.59 Å². The van der Waals surface area contributed by atoms with E-state index >= 15 is 0 Å². The van der Waals surface area contributed by atoms with Crippen molar-refractivity contribution in [2.24, 2.45) is 0 Å². The van der Waals surface area contributed by atoms with Crippen molar-refractivity contribution in [3.05, 3.63) is 47.5 Å². The number of aliphatic hydroxyl groups excluding tert-OH is 1. The Morgan fingerprint density at radius 2 is 1.77 bits per heavy atom. The van der Waals surface area contributed by atoms with Crippen molar-refractivity contribution in [2.75, 3.05) is 33.4 Å². The topological polar surface area (TPSA) is 119 Å². The molecule has 1 aromatic carbocycles. The molecular formula is C20H23ClFN3O6. The molecule has 3 N–H and O–H groups in total. The summed E-state index contributed by atoms with van der Waals surface area (Å²) >= 11 is 5.57. The summed E-state index contributed by atoms with van der Waals surface area (Å²) in [7, 11) is 1.50. The van der Waals surface area contributed by atoms with Gasteiger partial charge in [0.2, 0.25) is 0 Å². The monoisotopic (exact) mass is 455 g/mol. The Kier molecular flexibility index (Phi) is 9.79. The SMILES string of the molecule is COc1cncc(OCC(=O)NCC[C@H](O)CNC(=O)COc2ccc(Cl)c(F)c2)c1. The molecule has 0 radical (unpaired) electrons. The van der Waals surface area contributed by atoms with Crippen molar-refractivity contribution >= 4 is 23.4 Å². The lowest BCUT2D eigenvalue weighted by Crippen LogP contribution is -2.37. The summed E-state index contributed by atoms with van der Waals surface area (Å²) in [4.78, 5) is 27.5. The number of halogens is 2. The van der Waals surface area contributed by atoms with Gasteiger partial charge in [0.1, 0.15) is 23.1 Å². The second kappa shape index (κ2) is 12.6. The lowest BCUT2D eigenvalue weighted by molar-refractivity contribution is -0.124. The van der Waals surface area contributed by atoms with Crippen LogP contribution in [0.4, 0.5) is 4.39 Å². The van der Waals surface area contributed by atoms with Crippen LogP contribution in [0.1, 0.15) is 6.42 Å². The molecule has 0 bridgehead atoms. The number of benzene rings is 1. The first-order valence-corrected chi connectivity index (χ1v) is 9.66. The van der Waals surface area contributed by atoms with Crippen LogP contribution in [0, 0.1) is 5.82 Å². The number of hydrogen-bond acceptors (Lipinski definition) is 7. The van der Waals surface area contributed by atoms with Gasteiger partial charge in [-0.2, -0.15) is 0 Å². The number of hydrogen-bond donors (Lipinski definition) is 3. The van der Waals surface area contributed by atoms with E-state index in [1.807, 2.05) is 0 Å². The van der Waals surface area contributed by atoms with Crippen molar-refractivity contribution in [2.45, 2.75) is 12.5 Å². The molecule has 2 aromatic rings. The Bertz CT molecular complexity index is 886. The van der Waals surface area contributed by atoms with E-state index in [9.17, 15) is 19.1 Å². The van der Waals surface area contributed by atoms with Crippen LogP contribution in [0.25, 0.3) is 0 Å². The normalized spacial score (nSPS) is 11.4. The predicted octanol–water partition coefficient (Wildman–Crippen LogP) is 1.32. The van der Waals surface area contributed by atoms with Crippen LogP contribution in [-0.4, -0.2) is 61.4 Å². The molecule has 0 aliphatic rings. The standard InChI is InChI=1S/C20H23ClFN3O6/c1-29-15-6-16(10-23-9-15)31-11-19(27)24-5-4-13(26)8-25-20(28)12-30-14-2-3-17(21)18(22)7-14/h2-3,6-7,9-10,13,26H,4-5,8,11-12H2,1H3,(H,24,27)(H,25,28)/t13-/m0/s1. The fourth-order valence-electron chi connectivity index (χ4n) is 2.27. The van der Waals surface area contributed by atoms with E-state index in [1.54, 1.807) is 6.07 Å². The lowest BCUT2D eigenvalue weighted by Gasteiger charge is -2.13. The molecule has 0 unspecified atom stereocenters. The first-order valence-electron chi connectivity index (χ1n) is 9.28. The predicted molar refractivity (Wildman–Crippen MR) is 110 cm³/mol. The van der Waals surface area contributed by atoms with Gasteiger partial charge in [0, 0.05) is 25.2 Å². The Hall–Kier alpha value is -3.11. The molecule has 1 aromatic heterocycles. The Balaban J connectivity index is 1.57. The molecule has 0 aliphatic heterocycles. The molecule has 2 rings (SSSR count). The number of aliphatic hydroxyl groups is 1. The quantitative estimate of drug-likeness (QED) is 0.441. The molecule has 0 spiro atoms. The number of carbonyl (C=O) groups excluding carboxylic acids is 2. The number of ether oxygens (including phenoxy) is 3. The largest absolute Gasteiger partial charge is 0.495 e. The summed E-state index contributed by atoms with van der Waals surface area (Å²) in [6.45, 7) is -0.402. The third-order valence-corrected chi connectivity index (χ3v) is 4.20.